The highest BCUT2D eigenvalue weighted by molar-refractivity contribution is 5.47. The highest BCUT2D eigenvalue weighted by Crippen LogP contribution is 2.13. The fourth-order valence-electron chi connectivity index (χ4n) is 1.65. The Hall–Kier alpha value is -2.41. The van der Waals surface area contributed by atoms with Gasteiger partial charge in [0.25, 0.3) is 0 Å². The molecular formula is C13H18N6O. The number of methoxy groups -OCH3 is 1. The fourth-order valence-corrected chi connectivity index (χ4v) is 1.65. The van der Waals surface area contributed by atoms with Crippen molar-refractivity contribution in [2.45, 2.75) is 19.9 Å². The molecule has 2 heterocycles. The maximum atomic E-state index is 5.39. The lowest BCUT2D eigenvalue weighted by Crippen LogP contribution is -2.12. The van der Waals surface area contributed by atoms with Crippen molar-refractivity contribution in [2.24, 2.45) is 5.84 Å². The number of anilines is 2. The SMILES string of the molecule is CCc1nc(NN)cc(NCc2ccc(OC)nc2)n1. The highest BCUT2D eigenvalue weighted by atomic mass is 16.5. The number of rotatable bonds is 6. The molecular weight excluding hydrogens is 256 g/mol. The lowest BCUT2D eigenvalue weighted by atomic mass is 10.3. The summed E-state index contributed by atoms with van der Waals surface area (Å²) < 4.78 is 5.02. The van der Waals surface area contributed by atoms with Crippen LogP contribution in [-0.4, -0.2) is 22.1 Å². The second kappa shape index (κ2) is 6.67. The Balaban J connectivity index is 2.05. The van der Waals surface area contributed by atoms with Crippen LogP contribution in [0.4, 0.5) is 11.6 Å². The number of aryl methyl sites for hydroxylation is 1. The number of hydrogen-bond acceptors (Lipinski definition) is 7. The minimum atomic E-state index is 0.590. The first-order valence-corrected chi connectivity index (χ1v) is 6.32. The Morgan fingerprint density at radius 2 is 2.05 bits per heavy atom. The van der Waals surface area contributed by atoms with E-state index in [4.69, 9.17) is 10.6 Å². The molecule has 0 spiro atoms. The van der Waals surface area contributed by atoms with E-state index in [9.17, 15) is 0 Å². The second-order valence-corrected chi connectivity index (χ2v) is 4.11. The van der Waals surface area contributed by atoms with Crippen LogP contribution in [-0.2, 0) is 13.0 Å². The average Bonchev–Trinajstić information content (AvgIpc) is 2.53. The van der Waals surface area contributed by atoms with Gasteiger partial charge in [-0.05, 0) is 5.56 Å². The van der Waals surface area contributed by atoms with E-state index in [1.807, 2.05) is 19.1 Å². The summed E-state index contributed by atoms with van der Waals surface area (Å²) in [6, 6.07) is 5.53. The quantitative estimate of drug-likeness (QED) is 0.540. The molecule has 0 amide bonds. The van der Waals surface area contributed by atoms with Crippen molar-refractivity contribution in [2.75, 3.05) is 17.9 Å². The maximum absolute atomic E-state index is 5.39. The molecule has 2 rings (SSSR count). The molecule has 0 atom stereocenters. The van der Waals surface area contributed by atoms with Crippen molar-refractivity contribution in [3.8, 4) is 5.88 Å². The zero-order chi connectivity index (χ0) is 14.4. The van der Waals surface area contributed by atoms with Crippen LogP contribution < -0.4 is 21.3 Å². The molecule has 0 saturated carbocycles. The van der Waals surface area contributed by atoms with Gasteiger partial charge in [-0.2, -0.15) is 0 Å². The highest BCUT2D eigenvalue weighted by Gasteiger charge is 2.03. The van der Waals surface area contributed by atoms with Gasteiger partial charge in [-0.25, -0.2) is 20.8 Å². The number of pyridine rings is 1. The minimum Gasteiger partial charge on any atom is -0.481 e. The van der Waals surface area contributed by atoms with Gasteiger partial charge in [0.05, 0.1) is 7.11 Å². The lowest BCUT2D eigenvalue weighted by molar-refractivity contribution is 0.397. The Bertz CT molecular complexity index is 535. The minimum absolute atomic E-state index is 0.590. The third-order valence-corrected chi connectivity index (χ3v) is 2.72. The molecule has 0 aliphatic heterocycles. The van der Waals surface area contributed by atoms with Gasteiger partial charge < -0.3 is 15.5 Å². The van der Waals surface area contributed by atoms with Gasteiger partial charge in [0, 0.05) is 31.3 Å². The molecule has 0 aliphatic carbocycles. The van der Waals surface area contributed by atoms with Crippen molar-refractivity contribution < 1.29 is 4.74 Å². The van der Waals surface area contributed by atoms with E-state index in [-0.39, 0.29) is 0 Å². The molecule has 0 bridgehead atoms. The first-order valence-electron chi connectivity index (χ1n) is 6.32. The average molecular weight is 274 g/mol. The van der Waals surface area contributed by atoms with Gasteiger partial charge in [-0.1, -0.05) is 13.0 Å². The molecule has 0 aromatic carbocycles. The van der Waals surface area contributed by atoms with E-state index in [1.165, 1.54) is 0 Å². The molecule has 2 aromatic rings. The Morgan fingerprint density at radius 3 is 2.65 bits per heavy atom. The summed E-state index contributed by atoms with van der Waals surface area (Å²) in [6.45, 7) is 2.61. The normalized spacial score (nSPS) is 10.2. The van der Waals surface area contributed by atoms with Gasteiger partial charge in [-0.15, -0.1) is 0 Å². The molecule has 7 heteroatoms. The van der Waals surface area contributed by atoms with Crippen LogP contribution in [0, 0.1) is 0 Å². The summed E-state index contributed by atoms with van der Waals surface area (Å²) >= 11 is 0. The Kier molecular flexibility index (Phi) is 4.67. The predicted octanol–water partition coefficient (Wildman–Crippen LogP) is 1.34. The van der Waals surface area contributed by atoms with E-state index in [0.29, 0.717) is 18.2 Å². The molecule has 106 valence electrons. The number of ether oxygens (including phenoxy) is 1. The first-order chi connectivity index (χ1) is 9.75. The number of hydrogen-bond donors (Lipinski definition) is 3. The number of nitrogens with zero attached hydrogens (tertiary/aromatic N) is 3. The van der Waals surface area contributed by atoms with Gasteiger partial charge in [0.15, 0.2) is 0 Å². The van der Waals surface area contributed by atoms with Crippen LogP contribution in [0.25, 0.3) is 0 Å². The van der Waals surface area contributed by atoms with E-state index < -0.39 is 0 Å². The lowest BCUT2D eigenvalue weighted by Gasteiger charge is -2.09. The van der Waals surface area contributed by atoms with Crippen molar-refractivity contribution in [3.05, 3.63) is 35.8 Å². The third kappa shape index (κ3) is 3.55. The van der Waals surface area contributed by atoms with Crippen LogP contribution >= 0.6 is 0 Å². The summed E-state index contributed by atoms with van der Waals surface area (Å²) in [7, 11) is 1.59. The number of nitrogens with two attached hydrogens (primary N) is 1. The first kappa shape index (κ1) is 14.0. The monoisotopic (exact) mass is 274 g/mol. The number of aromatic nitrogens is 3. The van der Waals surface area contributed by atoms with E-state index in [0.717, 1.165) is 23.6 Å². The molecule has 0 unspecified atom stereocenters. The largest absolute Gasteiger partial charge is 0.481 e. The molecule has 2 aromatic heterocycles. The van der Waals surface area contributed by atoms with Gasteiger partial charge in [-0.3, -0.25) is 0 Å². The number of nitrogens with one attached hydrogen (secondary N) is 2. The molecule has 0 fully saturated rings. The molecule has 0 aliphatic rings. The van der Waals surface area contributed by atoms with Crippen LogP contribution in [0.3, 0.4) is 0 Å². The van der Waals surface area contributed by atoms with Crippen molar-refractivity contribution in [1.82, 2.24) is 15.0 Å². The molecule has 0 radical (unpaired) electrons. The zero-order valence-electron chi connectivity index (χ0n) is 11.6. The van der Waals surface area contributed by atoms with E-state index in [1.54, 1.807) is 19.4 Å². The van der Waals surface area contributed by atoms with Gasteiger partial charge in [0.2, 0.25) is 5.88 Å². The summed E-state index contributed by atoms with van der Waals surface area (Å²) in [5, 5.41) is 3.22. The predicted molar refractivity (Wildman–Crippen MR) is 77.3 cm³/mol. The van der Waals surface area contributed by atoms with Crippen LogP contribution in [0.15, 0.2) is 24.4 Å². The van der Waals surface area contributed by atoms with Crippen molar-refractivity contribution >= 4 is 11.6 Å². The third-order valence-electron chi connectivity index (χ3n) is 2.72. The topological polar surface area (TPSA) is 98.0 Å². The smallest absolute Gasteiger partial charge is 0.212 e. The molecule has 4 N–H and O–H groups in total. The Labute approximate surface area is 117 Å². The summed E-state index contributed by atoms with van der Waals surface area (Å²) in [5.41, 5.74) is 3.57. The maximum Gasteiger partial charge on any atom is 0.212 e. The van der Waals surface area contributed by atoms with E-state index in [2.05, 4.69) is 25.7 Å². The number of nitrogen functional groups attached to an aromatic ring is 1. The van der Waals surface area contributed by atoms with Gasteiger partial charge in [0.1, 0.15) is 17.5 Å². The van der Waals surface area contributed by atoms with Gasteiger partial charge >= 0.3 is 0 Å². The summed E-state index contributed by atoms with van der Waals surface area (Å²) in [5.74, 6) is 8.03. The van der Waals surface area contributed by atoms with E-state index >= 15 is 0 Å². The summed E-state index contributed by atoms with van der Waals surface area (Å²) in [4.78, 5) is 12.8. The van der Waals surface area contributed by atoms with Crippen molar-refractivity contribution in [3.63, 3.8) is 0 Å². The van der Waals surface area contributed by atoms with Crippen LogP contribution in [0.2, 0.25) is 0 Å². The molecule has 7 nitrogen and oxygen atoms in total. The summed E-state index contributed by atoms with van der Waals surface area (Å²) in [6.07, 6.45) is 2.50. The molecule has 0 saturated heterocycles. The van der Waals surface area contributed by atoms with Crippen LogP contribution in [0.1, 0.15) is 18.3 Å². The zero-order valence-corrected chi connectivity index (χ0v) is 11.6. The number of hydrazine groups is 1. The molecule has 20 heavy (non-hydrogen) atoms. The Morgan fingerprint density at radius 1 is 1.25 bits per heavy atom. The standard InChI is InChI=1S/C13H18N6O/c1-3-10-17-11(6-12(18-10)19-14)15-7-9-4-5-13(20-2)16-8-9/h4-6,8H,3,7,14H2,1-2H3,(H2,15,17,18,19). The van der Waals surface area contributed by atoms with Crippen LogP contribution in [0.5, 0.6) is 5.88 Å². The van der Waals surface area contributed by atoms with Crippen molar-refractivity contribution in [1.29, 1.82) is 0 Å². The fraction of sp³-hybridized carbons (Fsp3) is 0.308. The second-order valence-electron chi connectivity index (χ2n) is 4.11.